The van der Waals surface area contributed by atoms with Crippen LogP contribution in [0.15, 0.2) is 36.4 Å². The summed E-state index contributed by atoms with van der Waals surface area (Å²) in [5.74, 6) is -2.14. The highest BCUT2D eigenvalue weighted by atomic mass is 16.5. The minimum atomic E-state index is -1.08. The van der Waals surface area contributed by atoms with Crippen LogP contribution < -0.4 is 10.1 Å². The number of imide groups is 1. The summed E-state index contributed by atoms with van der Waals surface area (Å²) in [6.45, 7) is 3.36. The van der Waals surface area contributed by atoms with E-state index < -0.39 is 36.4 Å². The van der Waals surface area contributed by atoms with Crippen LogP contribution in [0.1, 0.15) is 26.7 Å². The van der Waals surface area contributed by atoms with E-state index in [1.807, 2.05) is 19.1 Å². The highest BCUT2D eigenvalue weighted by molar-refractivity contribution is 6.07. The van der Waals surface area contributed by atoms with Crippen LogP contribution in [0, 0.1) is 11.8 Å². The molecule has 1 aliphatic heterocycles. The maximum absolute atomic E-state index is 12.4. The van der Waals surface area contributed by atoms with Crippen LogP contribution >= 0.6 is 0 Å². The quantitative estimate of drug-likeness (QED) is 0.426. The monoisotopic (exact) mass is 400 g/mol. The van der Waals surface area contributed by atoms with Gasteiger partial charge in [-0.3, -0.25) is 24.1 Å². The van der Waals surface area contributed by atoms with Gasteiger partial charge in [0.15, 0.2) is 6.10 Å². The molecule has 1 fully saturated rings. The largest absolute Gasteiger partial charge is 0.494 e. The van der Waals surface area contributed by atoms with Crippen LogP contribution in [-0.4, -0.2) is 47.8 Å². The van der Waals surface area contributed by atoms with E-state index in [4.69, 9.17) is 9.47 Å². The van der Waals surface area contributed by atoms with E-state index in [0.29, 0.717) is 30.9 Å². The van der Waals surface area contributed by atoms with Gasteiger partial charge in [0, 0.05) is 5.69 Å². The second-order valence-electron chi connectivity index (χ2n) is 7.00. The van der Waals surface area contributed by atoms with Gasteiger partial charge in [-0.25, -0.2) is 0 Å². The molecule has 1 aliphatic carbocycles. The zero-order chi connectivity index (χ0) is 21.0. The Morgan fingerprint density at radius 1 is 1.10 bits per heavy atom. The van der Waals surface area contributed by atoms with Crippen molar-refractivity contribution in [3.63, 3.8) is 0 Å². The van der Waals surface area contributed by atoms with Crippen LogP contribution in [0.4, 0.5) is 5.69 Å². The molecule has 29 heavy (non-hydrogen) atoms. The molecule has 0 aromatic heterocycles. The third-order valence-corrected chi connectivity index (χ3v) is 5.00. The van der Waals surface area contributed by atoms with Gasteiger partial charge in [-0.1, -0.05) is 12.2 Å². The maximum atomic E-state index is 12.4. The summed E-state index contributed by atoms with van der Waals surface area (Å²) in [6.07, 6.45) is 3.68. The lowest BCUT2D eigenvalue weighted by Gasteiger charge is -2.17. The standard InChI is InChI=1S/C21H24N2O6/c1-3-28-15-10-8-14(9-11-15)22-19(25)13(2)29-18(24)12-23-20(26)16-6-4-5-7-17(16)21(23)27/h4-5,8-11,13,16-17H,3,6-7,12H2,1-2H3,(H,22,25)/t13-,16-,17+/m0/s1. The topological polar surface area (TPSA) is 102 Å². The Morgan fingerprint density at radius 3 is 2.24 bits per heavy atom. The normalized spacial score (nSPS) is 21.5. The predicted molar refractivity (Wildman–Crippen MR) is 104 cm³/mol. The molecule has 3 atom stereocenters. The number of carbonyl (C=O) groups excluding carboxylic acids is 4. The summed E-state index contributed by atoms with van der Waals surface area (Å²) in [5, 5.41) is 2.64. The predicted octanol–water partition coefficient (Wildman–Crippen LogP) is 1.91. The summed E-state index contributed by atoms with van der Waals surface area (Å²) in [4.78, 5) is 50.2. The minimum Gasteiger partial charge on any atom is -0.494 e. The van der Waals surface area contributed by atoms with Crippen molar-refractivity contribution in [1.29, 1.82) is 0 Å². The van der Waals surface area contributed by atoms with Crippen molar-refractivity contribution < 1.29 is 28.7 Å². The summed E-state index contributed by atoms with van der Waals surface area (Å²) in [7, 11) is 0. The van der Waals surface area contributed by atoms with Crippen molar-refractivity contribution in [3.8, 4) is 5.75 Å². The average Bonchev–Trinajstić information content (AvgIpc) is 2.95. The van der Waals surface area contributed by atoms with Gasteiger partial charge < -0.3 is 14.8 Å². The maximum Gasteiger partial charge on any atom is 0.326 e. The number of carbonyl (C=O) groups is 4. The smallest absolute Gasteiger partial charge is 0.326 e. The van der Waals surface area contributed by atoms with Gasteiger partial charge in [0.25, 0.3) is 5.91 Å². The lowest BCUT2D eigenvalue weighted by Crippen LogP contribution is -2.39. The molecular weight excluding hydrogens is 376 g/mol. The number of fused-ring (bicyclic) bond motifs is 1. The summed E-state index contributed by atoms with van der Waals surface area (Å²) < 4.78 is 10.5. The minimum absolute atomic E-state index is 0.354. The van der Waals surface area contributed by atoms with E-state index in [-0.39, 0.29) is 11.8 Å². The molecule has 1 heterocycles. The molecule has 1 saturated heterocycles. The molecule has 3 rings (SSSR count). The Hall–Kier alpha value is -3.16. The molecular formula is C21H24N2O6. The summed E-state index contributed by atoms with van der Waals surface area (Å²) in [6, 6.07) is 6.78. The van der Waals surface area contributed by atoms with E-state index in [1.165, 1.54) is 6.92 Å². The average molecular weight is 400 g/mol. The highest BCUT2D eigenvalue weighted by Crippen LogP contribution is 2.34. The van der Waals surface area contributed by atoms with E-state index in [0.717, 1.165) is 4.90 Å². The van der Waals surface area contributed by atoms with Gasteiger partial charge in [0.05, 0.1) is 18.4 Å². The first kappa shape index (κ1) is 20.6. The molecule has 0 bridgehead atoms. The van der Waals surface area contributed by atoms with Crippen molar-refractivity contribution >= 4 is 29.4 Å². The lowest BCUT2D eigenvalue weighted by molar-refractivity contribution is -0.158. The second kappa shape index (κ2) is 8.89. The molecule has 1 aromatic carbocycles. The Bertz CT molecular complexity index is 806. The van der Waals surface area contributed by atoms with Gasteiger partial charge >= 0.3 is 5.97 Å². The van der Waals surface area contributed by atoms with E-state index in [1.54, 1.807) is 24.3 Å². The fourth-order valence-electron chi connectivity index (χ4n) is 3.49. The van der Waals surface area contributed by atoms with Crippen molar-refractivity contribution in [2.75, 3.05) is 18.5 Å². The molecule has 0 unspecified atom stereocenters. The molecule has 2 aliphatic rings. The summed E-state index contributed by atoms with van der Waals surface area (Å²) >= 11 is 0. The van der Waals surface area contributed by atoms with Crippen molar-refractivity contribution in [2.24, 2.45) is 11.8 Å². The second-order valence-corrected chi connectivity index (χ2v) is 7.00. The Kier molecular flexibility index (Phi) is 6.31. The number of nitrogens with one attached hydrogen (secondary N) is 1. The molecule has 8 heteroatoms. The molecule has 1 N–H and O–H groups in total. The number of rotatable bonds is 7. The first-order valence-electron chi connectivity index (χ1n) is 9.64. The number of amides is 3. The van der Waals surface area contributed by atoms with Crippen LogP contribution in [-0.2, 0) is 23.9 Å². The molecule has 8 nitrogen and oxygen atoms in total. The number of hydrogen-bond donors (Lipinski definition) is 1. The number of nitrogens with zero attached hydrogens (tertiary/aromatic N) is 1. The Labute approximate surface area is 168 Å². The van der Waals surface area contributed by atoms with Crippen LogP contribution in [0.25, 0.3) is 0 Å². The Morgan fingerprint density at radius 2 is 1.69 bits per heavy atom. The van der Waals surface area contributed by atoms with Crippen LogP contribution in [0.2, 0.25) is 0 Å². The molecule has 0 saturated carbocycles. The van der Waals surface area contributed by atoms with Crippen molar-refractivity contribution in [3.05, 3.63) is 36.4 Å². The number of likely N-dealkylation sites (tertiary alicyclic amines) is 1. The van der Waals surface area contributed by atoms with E-state index in [9.17, 15) is 19.2 Å². The van der Waals surface area contributed by atoms with Crippen LogP contribution in [0.5, 0.6) is 5.75 Å². The first-order valence-corrected chi connectivity index (χ1v) is 9.64. The molecule has 3 amide bonds. The number of allylic oxidation sites excluding steroid dienone is 2. The molecule has 0 radical (unpaired) electrons. The Balaban J connectivity index is 1.51. The third-order valence-electron chi connectivity index (χ3n) is 5.00. The zero-order valence-electron chi connectivity index (χ0n) is 16.4. The first-order chi connectivity index (χ1) is 13.9. The number of esters is 1. The SMILES string of the molecule is CCOc1ccc(NC(=O)[C@H](C)OC(=O)CN2C(=O)[C@H]3CC=CC[C@H]3C2=O)cc1. The van der Waals surface area contributed by atoms with Crippen molar-refractivity contribution in [2.45, 2.75) is 32.8 Å². The number of ether oxygens (including phenoxy) is 2. The number of hydrogen-bond acceptors (Lipinski definition) is 6. The van der Waals surface area contributed by atoms with Gasteiger partial charge in [-0.2, -0.15) is 0 Å². The summed E-state index contributed by atoms with van der Waals surface area (Å²) in [5.41, 5.74) is 0.530. The third kappa shape index (κ3) is 4.64. The van der Waals surface area contributed by atoms with Crippen molar-refractivity contribution in [1.82, 2.24) is 4.90 Å². The molecule has 0 spiro atoms. The number of benzene rings is 1. The fourth-order valence-corrected chi connectivity index (χ4v) is 3.49. The fraction of sp³-hybridized carbons (Fsp3) is 0.429. The van der Waals surface area contributed by atoms with Gasteiger partial charge in [-0.15, -0.1) is 0 Å². The van der Waals surface area contributed by atoms with Gasteiger partial charge in [0.2, 0.25) is 11.8 Å². The van der Waals surface area contributed by atoms with Crippen LogP contribution in [0.3, 0.4) is 0 Å². The lowest BCUT2D eigenvalue weighted by atomic mass is 9.85. The number of anilines is 1. The van der Waals surface area contributed by atoms with E-state index >= 15 is 0 Å². The van der Waals surface area contributed by atoms with E-state index in [2.05, 4.69) is 5.32 Å². The molecule has 154 valence electrons. The van der Waals surface area contributed by atoms with Gasteiger partial charge in [-0.05, 0) is 51.0 Å². The van der Waals surface area contributed by atoms with Gasteiger partial charge in [0.1, 0.15) is 12.3 Å². The highest BCUT2D eigenvalue weighted by Gasteiger charge is 2.47. The zero-order valence-corrected chi connectivity index (χ0v) is 16.4. The molecule has 1 aromatic rings.